The molecule has 0 saturated heterocycles. The molecule has 0 aromatic carbocycles. The molecule has 2 aromatic heterocycles. The van der Waals surface area contributed by atoms with E-state index in [1.165, 1.54) is 12.1 Å². The van der Waals surface area contributed by atoms with E-state index < -0.39 is 12.0 Å². The van der Waals surface area contributed by atoms with E-state index in [0.717, 1.165) is 10.6 Å². The van der Waals surface area contributed by atoms with Crippen LogP contribution in [0.1, 0.15) is 5.82 Å². The number of rotatable bonds is 0. The van der Waals surface area contributed by atoms with Gasteiger partial charge in [0.2, 0.25) is 5.82 Å². The lowest BCUT2D eigenvalue weighted by atomic mass is 10.4. The molecule has 2 rings (SSSR count). The second-order valence-corrected chi connectivity index (χ2v) is 2.38. The summed E-state index contributed by atoms with van der Waals surface area (Å²) in [6.07, 6.45) is -3.33. The summed E-state index contributed by atoms with van der Waals surface area (Å²) in [6, 6.07) is 5.40. The zero-order valence-electron chi connectivity index (χ0n) is 6.21. The molecule has 2 heterocycles. The number of halogens is 3. The Hall–Kier alpha value is -1.59. The third-order valence-electron chi connectivity index (χ3n) is 1.51. The van der Waals surface area contributed by atoms with E-state index >= 15 is 0 Å². The summed E-state index contributed by atoms with van der Waals surface area (Å²) in [6.45, 7) is 0. The highest BCUT2D eigenvalue weighted by Crippen LogP contribution is 2.27. The summed E-state index contributed by atoms with van der Waals surface area (Å²) in [7, 11) is 0. The number of fused-ring (bicyclic) bond motifs is 1. The number of aromatic nitrogens is 3. The standard InChI is InChI=1S/C7H3F3N3/c8-7(9,10)6-12-11-5-3-1-2-4-13(5)6/h1,3-4H. The number of hydrogen-bond acceptors (Lipinski definition) is 2. The first-order chi connectivity index (χ1) is 6.09. The number of alkyl halides is 3. The molecule has 0 unspecified atom stereocenters. The Labute approximate surface area is 70.8 Å². The van der Waals surface area contributed by atoms with Crippen molar-refractivity contribution in [3.8, 4) is 0 Å². The monoisotopic (exact) mass is 186 g/mol. The molecular formula is C7H3F3N3. The van der Waals surface area contributed by atoms with Crippen LogP contribution < -0.4 is 0 Å². The predicted molar refractivity (Wildman–Crippen MR) is 36.8 cm³/mol. The second-order valence-electron chi connectivity index (χ2n) is 2.38. The second kappa shape index (κ2) is 2.45. The quantitative estimate of drug-likeness (QED) is 0.624. The first-order valence-corrected chi connectivity index (χ1v) is 3.37. The van der Waals surface area contributed by atoms with Crippen molar-refractivity contribution in [2.75, 3.05) is 0 Å². The van der Waals surface area contributed by atoms with E-state index in [1.807, 2.05) is 0 Å². The molecule has 0 aliphatic heterocycles. The van der Waals surface area contributed by atoms with Crippen LogP contribution in [0.3, 0.4) is 0 Å². The molecule has 67 valence electrons. The molecule has 3 nitrogen and oxygen atoms in total. The van der Waals surface area contributed by atoms with Gasteiger partial charge in [-0.05, 0) is 12.1 Å². The van der Waals surface area contributed by atoms with Gasteiger partial charge >= 0.3 is 6.18 Å². The minimum atomic E-state index is -4.48. The van der Waals surface area contributed by atoms with Crippen LogP contribution in [0.15, 0.2) is 18.3 Å². The van der Waals surface area contributed by atoms with E-state index in [0.29, 0.717) is 0 Å². The summed E-state index contributed by atoms with van der Waals surface area (Å²) in [4.78, 5) is 0. The van der Waals surface area contributed by atoms with Crippen LogP contribution in [0.25, 0.3) is 5.65 Å². The van der Waals surface area contributed by atoms with Crippen LogP contribution in [0, 0.1) is 6.07 Å². The molecule has 0 spiro atoms. The lowest BCUT2D eigenvalue weighted by molar-refractivity contribution is -0.145. The van der Waals surface area contributed by atoms with E-state index in [9.17, 15) is 13.2 Å². The summed E-state index contributed by atoms with van der Waals surface area (Å²) in [5.41, 5.74) is 0.158. The summed E-state index contributed by atoms with van der Waals surface area (Å²) in [5.74, 6) is -1.03. The predicted octanol–water partition coefficient (Wildman–Crippen LogP) is 1.55. The summed E-state index contributed by atoms with van der Waals surface area (Å²) < 4.78 is 37.5. The van der Waals surface area contributed by atoms with Gasteiger partial charge in [0.1, 0.15) is 0 Å². The minimum absolute atomic E-state index is 0.158. The molecule has 0 amide bonds. The number of pyridine rings is 1. The minimum Gasteiger partial charge on any atom is -0.278 e. The fourth-order valence-electron chi connectivity index (χ4n) is 0.978. The molecule has 1 radical (unpaired) electrons. The van der Waals surface area contributed by atoms with Crippen molar-refractivity contribution in [3.05, 3.63) is 30.2 Å². The molecule has 0 bridgehead atoms. The molecule has 13 heavy (non-hydrogen) atoms. The molecular weight excluding hydrogens is 183 g/mol. The van der Waals surface area contributed by atoms with Crippen molar-refractivity contribution in [1.29, 1.82) is 0 Å². The highest BCUT2D eigenvalue weighted by Gasteiger charge is 2.36. The average molecular weight is 186 g/mol. The van der Waals surface area contributed by atoms with Crippen molar-refractivity contribution in [2.45, 2.75) is 6.18 Å². The zero-order valence-corrected chi connectivity index (χ0v) is 6.21. The lowest BCUT2D eigenvalue weighted by Crippen LogP contribution is -2.10. The molecule has 0 fully saturated rings. The first kappa shape index (κ1) is 8.03. The number of nitrogens with zero attached hydrogens (tertiary/aromatic N) is 3. The number of hydrogen-bond donors (Lipinski definition) is 0. The van der Waals surface area contributed by atoms with E-state index in [1.54, 1.807) is 0 Å². The molecule has 2 aromatic rings. The maximum atomic E-state index is 12.2. The molecule has 6 heteroatoms. The van der Waals surface area contributed by atoms with Gasteiger partial charge in [0.25, 0.3) is 0 Å². The topological polar surface area (TPSA) is 30.2 Å². The lowest BCUT2D eigenvalue weighted by Gasteiger charge is -2.02. The maximum absolute atomic E-state index is 12.2. The smallest absolute Gasteiger partial charge is 0.278 e. The van der Waals surface area contributed by atoms with Gasteiger partial charge < -0.3 is 0 Å². The first-order valence-electron chi connectivity index (χ1n) is 3.37. The van der Waals surface area contributed by atoms with Crippen LogP contribution in [0.2, 0.25) is 0 Å². The molecule has 0 atom stereocenters. The van der Waals surface area contributed by atoms with Gasteiger partial charge in [-0.25, -0.2) is 0 Å². The Bertz CT molecular complexity index is 432. The van der Waals surface area contributed by atoms with Gasteiger partial charge in [-0.2, -0.15) is 13.2 Å². The van der Waals surface area contributed by atoms with E-state index in [2.05, 4.69) is 16.3 Å². The Morgan fingerprint density at radius 3 is 2.77 bits per heavy atom. The van der Waals surface area contributed by atoms with Gasteiger partial charge in [0.15, 0.2) is 5.65 Å². The Morgan fingerprint density at radius 1 is 1.31 bits per heavy atom. The molecule has 0 saturated carbocycles. The van der Waals surface area contributed by atoms with Crippen LogP contribution >= 0.6 is 0 Å². The summed E-state index contributed by atoms with van der Waals surface area (Å²) in [5, 5.41) is 6.39. The van der Waals surface area contributed by atoms with Crippen molar-refractivity contribution in [3.63, 3.8) is 0 Å². The van der Waals surface area contributed by atoms with Crippen LogP contribution in [-0.4, -0.2) is 14.6 Å². The van der Waals surface area contributed by atoms with Gasteiger partial charge in [-0.1, -0.05) is 0 Å². The average Bonchev–Trinajstić information content (AvgIpc) is 2.45. The Kier molecular flexibility index (Phi) is 1.51. The van der Waals surface area contributed by atoms with Crippen molar-refractivity contribution < 1.29 is 13.2 Å². The molecule has 0 aliphatic carbocycles. The van der Waals surface area contributed by atoms with Crippen molar-refractivity contribution >= 4 is 5.65 Å². The molecule has 0 N–H and O–H groups in total. The van der Waals surface area contributed by atoms with E-state index in [-0.39, 0.29) is 5.65 Å². The van der Waals surface area contributed by atoms with Gasteiger partial charge in [-0.15, -0.1) is 10.2 Å². The third-order valence-corrected chi connectivity index (χ3v) is 1.51. The van der Waals surface area contributed by atoms with Crippen molar-refractivity contribution in [2.24, 2.45) is 0 Å². The Balaban J connectivity index is 2.72. The van der Waals surface area contributed by atoms with Crippen LogP contribution in [0.5, 0.6) is 0 Å². The van der Waals surface area contributed by atoms with E-state index in [4.69, 9.17) is 0 Å². The fourth-order valence-corrected chi connectivity index (χ4v) is 0.978. The largest absolute Gasteiger partial charge is 0.452 e. The zero-order chi connectivity index (χ0) is 9.47. The fraction of sp³-hybridized carbons (Fsp3) is 0.143. The summed E-state index contributed by atoms with van der Waals surface area (Å²) >= 11 is 0. The highest BCUT2D eigenvalue weighted by atomic mass is 19.4. The highest BCUT2D eigenvalue weighted by molar-refractivity contribution is 5.37. The van der Waals surface area contributed by atoms with Gasteiger partial charge in [0.05, 0.1) is 0 Å². The maximum Gasteiger partial charge on any atom is 0.452 e. The van der Waals surface area contributed by atoms with Gasteiger partial charge in [-0.3, -0.25) is 4.40 Å². The van der Waals surface area contributed by atoms with Crippen molar-refractivity contribution in [1.82, 2.24) is 14.6 Å². The SMILES string of the molecule is FC(F)(F)c1nnc2cc[c]cn12. The normalized spacial score (nSPS) is 12.2. The van der Waals surface area contributed by atoms with Crippen LogP contribution in [0.4, 0.5) is 13.2 Å². The third kappa shape index (κ3) is 1.24. The van der Waals surface area contributed by atoms with Crippen LogP contribution in [-0.2, 0) is 6.18 Å². The van der Waals surface area contributed by atoms with Gasteiger partial charge in [0, 0.05) is 12.3 Å². The Morgan fingerprint density at radius 2 is 2.08 bits per heavy atom. The molecule has 0 aliphatic rings.